The molecule has 0 saturated heterocycles. The molecule has 0 fully saturated rings. The van der Waals surface area contributed by atoms with Gasteiger partial charge in [-0.2, -0.15) is 0 Å². The first kappa shape index (κ1) is 21.0. The Kier molecular flexibility index (Phi) is 5.25. The number of rotatable bonds is 5. The molecule has 2 aliphatic heterocycles. The van der Waals surface area contributed by atoms with Gasteiger partial charge in [-0.05, 0) is 74.2 Å². The zero-order valence-corrected chi connectivity index (χ0v) is 19.0. The second kappa shape index (κ2) is 8.24. The molecule has 3 aromatic rings. The number of fused-ring (bicyclic) bond motifs is 1. The summed E-state index contributed by atoms with van der Waals surface area (Å²) in [4.78, 5) is 30.9. The Balaban J connectivity index is 1.64. The fourth-order valence-electron chi connectivity index (χ4n) is 4.57. The molecule has 166 valence electrons. The van der Waals surface area contributed by atoms with Crippen molar-refractivity contribution in [2.45, 2.75) is 33.3 Å². The summed E-state index contributed by atoms with van der Waals surface area (Å²) in [6.07, 6.45) is 0.887. The number of imide groups is 1. The summed E-state index contributed by atoms with van der Waals surface area (Å²) in [6, 6.07) is 23.0. The van der Waals surface area contributed by atoms with E-state index in [1.54, 1.807) is 6.07 Å². The summed E-state index contributed by atoms with van der Waals surface area (Å²) in [7, 11) is 0. The third-order valence-electron chi connectivity index (χ3n) is 5.99. The molecule has 0 atom stereocenters. The number of benzene rings is 3. The second-order valence-corrected chi connectivity index (χ2v) is 8.73. The highest BCUT2D eigenvalue weighted by atomic mass is 16.5. The van der Waals surface area contributed by atoms with Crippen LogP contribution in [0.25, 0.3) is 5.57 Å². The molecule has 2 amide bonds. The fraction of sp³-hybridized carbons (Fsp3) is 0.214. The van der Waals surface area contributed by atoms with Crippen molar-refractivity contribution in [2.75, 3.05) is 16.3 Å². The molecule has 33 heavy (non-hydrogen) atoms. The van der Waals surface area contributed by atoms with Crippen LogP contribution in [0.3, 0.4) is 0 Å². The predicted molar refractivity (Wildman–Crippen MR) is 130 cm³/mol. The minimum Gasteiger partial charge on any atom is -0.491 e. The third-order valence-corrected chi connectivity index (χ3v) is 5.99. The summed E-state index contributed by atoms with van der Waals surface area (Å²) < 4.78 is 5.77. The van der Waals surface area contributed by atoms with Crippen LogP contribution in [0.5, 0.6) is 5.75 Å². The van der Waals surface area contributed by atoms with Crippen molar-refractivity contribution in [2.24, 2.45) is 0 Å². The lowest BCUT2D eigenvalue weighted by atomic mass is 10.0. The molecule has 5 rings (SSSR count). The number of ether oxygens (including phenoxy) is 1. The van der Waals surface area contributed by atoms with Gasteiger partial charge in [-0.1, -0.05) is 42.5 Å². The van der Waals surface area contributed by atoms with Gasteiger partial charge in [-0.3, -0.25) is 9.59 Å². The molecular formula is C28H26N2O3. The highest BCUT2D eigenvalue weighted by molar-refractivity contribution is 6.46. The Bertz CT molecular complexity index is 1270. The van der Waals surface area contributed by atoms with Gasteiger partial charge in [0.2, 0.25) is 0 Å². The first-order valence-corrected chi connectivity index (χ1v) is 11.3. The minimum atomic E-state index is -0.303. The van der Waals surface area contributed by atoms with Crippen molar-refractivity contribution >= 4 is 28.8 Å². The first-order chi connectivity index (χ1) is 15.9. The normalized spacial score (nSPS) is 15.6. The number of para-hydroxylation sites is 1. The van der Waals surface area contributed by atoms with Crippen LogP contribution >= 0.6 is 0 Å². The number of carbonyl (C=O) groups excluding carboxylic acids is 2. The van der Waals surface area contributed by atoms with Gasteiger partial charge in [0.1, 0.15) is 11.4 Å². The van der Waals surface area contributed by atoms with Gasteiger partial charge in [-0.25, -0.2) is 4.90 Å². The molecule has 0 bridgehead atoms. The Labute approximate surface area is 193 Å². The van der Waals surface area contributed by atoms with Crippen LogP contribution in [0, 0.1) is 6.92 Å². The van der Waals surface area contributed by atoms with E-state index in [0.29, 0.717) is 29.1 Å². The monoisotopic (exact) mass is 438 g/mol. The Morgan fingerprint density at radius 3 is 2.36 bits per heavy atom. The molecule has 0 saturated carbocycles. The van der Waals surface area contributed by atoms with Gasteiger partial charge < -0.3 is 9.64 Å². The maximum Gasteiger partial charge on any atom is 0.282 e. The van der Waals surface area contributed by atoms with E-state index in [1.807, 2.05) is 86.3 Å². The average molecular weight is 439 g/mol. The molecule has 0 N–H and O–H groups in total. The van der Waals surface area contributed by atoms with Crippen LogP contribution in [-0.2, 0) is 16.0 Å². The molecule has 2 aliphatic rings. The van der Waals surface area contributed by atoms with Crippen molar-refractivity contribution in [1.29, 1.82) is 0 Å². The number of carbonyl (C=O) groups is 2. The lowest BCUT2D eigenvalue weighted by molar-refractivity contribution is -0.120. The number of nitrogens with zero attached hydrogens (tertiary/aromatic N) is 2. The van der Waals surface area contributed by atoms with Gasteiger partial charge in [0.05, 0.1) is 17.4 Å². The fourth-order valence-corrected chi connectivity index (χ4v) is 4.57. The van der Waals surface area contributed by atoms with Crippen LogP contribution in [-0.4, -0.2) is 24.5 Å². The second-order valence-electron chi connectivity index (χ2n) is 8.73. The topological polar surface area (TPSA) is 49.9 Å². The highest BCUT2D eigenvalue weighted by Gasteiger charge is 2.44. The lowest BCUT2D eigenvalue weighted by Gasteiger charge is -2.22. The summed E-state index contributed by atoms with van der Waals surface area (Å²) in [5, 5.41) is 0. The van der Waals surface area contributed by atoms with Crippen molar-refractivity contribution in [3.8, 4) is 5.75 Å². The van der Waals surface area contributed by atoms with E-state index >= 15 is 0 Å². The Hall–Kier alpha value is -3.86. The van der Waals surface area contributed by atoms with Gasteiger partial charge in [0.25, 0.3) is 11.8 Å². The lowest BCUT2D eigenvalue weighted by Crippen LogP contribution is -2.34. The van der Waals surface area contributed by atoms with E-state index in [1.165, 1.54) is 10.5 Å². The maximum absolute atomic E-state index is 13.8. The third kappa shape index (κ3) is 3.69. The van der Waals surface area contributed by atoms with Crippen LogP contribution < -0.4 is 14.5 Å². The van der Waals surface area contributed by atoms with E-state index < -0.39 is 0 Å². The minimum absolute atomic E-state index is 0.0539. The average Bonchev–Trinajstić information content (AvgIpc) is 3.32. The van der Waals surface area contributed by atoms with Crippen molar-refractivity contribution in [3.63, 3.8) is 0 Å². The highest BCUT2D eigenvalue weighted by Crippen LogP contribution is 2.40. The molecule has 0 aromatic heterocycles. The van der Waals surface area contributed by atoms with Crippen LogP contribution in [0.1, 0.15) is 30.5 Å². The molecule has 2 heterocycles. The zero-order chi connectivity index (χ0) is 23.1. The van der Waals surface area contributed by atoms with E-state index in [-0.39, 0.29) is 17.9 Å². The number of hydrogen-bond acceptors (Lipinski definition) is 4. The van der Waals surface area contributed by atoms with Crippen molar-refractivity contribution in [1.82, 2.24) is 0 Å². The van der Waals surface area contributed by atoms with Crippen LogP contribution in [0.2, 0.25) is 0 Å². The first-order valence-electron chi connectivity index (χ1n) is 11.3. The SMILES string of the molecule is Cc1cccc(N2C(=O)C(c3ccc(OC(C)C)cc3)=C(N3CCc4ccccc43)C2=O)c1. The van der Waals surface area contributed by atoms with E-state index in [2.05, 4.69) is 6.07 Å². The van der Waals surface area contributed by atoms with Gasteiger partial charge in [0.15, 0.2) is 0 Å². The number of aryl methyl sites for hydroxylation is 1. The number of amides is 2. The van der Waals surface area contributed by atoms with Crippen LogP contribution in [0.15, 0.2) is 78.5 Å². The number of hydrogen-bond donors (Lipinski definition) is 0. The number of anilines is 2. The molecule has 0 unspecified atom stereocenters. The Morgan fingerprint density at radius 1 is 0.879 bits per heavy atom. The summed E-state index contributed by atoms with van der Waals surface area (Å²) in [5.74, 6) is 0.136. The van der Waals surface area contributed by atoms with Crippen molar-refractivity contribution in [3.05, 3.63) is 95.2 Å². The van der Waals surface area contributed by atoms with E-state index in [9.17, 15) is 9.59 Å². The predicted octanol–water partition coefficient (Wildman–Crippen LogP) is 5.13. The quantitative estimate of drug-likeness (QED) is 0.518. The summed E-state index contributed by atoms with van der Waals surface area (Å²) in [6.45, 7) is 6.55. The molecule has 5 nitrogen and oxygen atoms in total. The van der Waals surface area contributed by atoms with Gasteiger partial charge in [-0.15, -0.1) is 0 Å². The molecular weight excluding hydrogens is 412 g/mol. The molecule has 0 spiro atoms. The van der Waals surface area contributed by atoms with E-state index in [0.717, 1.165) is 23.4 Å². The standard InChI is InChI=1S/C28H26N2O3/c1-18(2)33-23-13-11-21(12-14-23)25-26(29-16-15-20-8-4-5-10-24(20)29)28(32)30(27(25)31)22-9-6-7-19(3)17-22/h4-14,17-18H,15-16H2,1-3H3. The molecule has 3 aromatic carbocycles. The maximum atomic E-state index is 13.8. The summed E-state index contributed by atoms with van der Waals surface area (Å²) in [5.41, 5.74) is 5.31. The summed E-state index contributed by atoms with van der Waals surface area (Å²) >= 11 is 0. The van der Waals surface area contributed by atoms with Crippen LogP contribution in [0.4, 0.5) is 11.4 Å². The molecule has 0 radical (unpaired) electrons. The van der Waals surface area contributed by atoms with Gasteiger partial charge in [0, 0.05) is 12.2 Å². The molecule has 0 aliphatic carbocycles. The Morgan fingerprint density at radius 2 is 1.64 bits per heavy atom. The zero-order valence-electron chi connectivity index (χ0n) is 19.0. The van der Waals surface area contributed by atoms with Gasteiger partial charge >= 0.3 is 0 Å². The smallest absolute Gasteiger partial charge is 0.282 e. The largest absolute Gasteiger partial charge is 0.491 e. The van der Waals surface area contributed by atoms with Crippen molar-refractivity contribution < 1.29 is 14.3 Å². The molecule has 5 heteroatoms. The van der Waals surface area contributed by atoms with E-state index in [4.69, 9.17) is 4.74 Å².